The minimum Gasteiger partial charge on any atom is -0.497 e. The molecule has 0 N–H and O–H groups in total. The average Bonchev–Trinajstić information content (AvgIpc) is 2.38. The van der Waals surface area contributed by atoms with Gasteiger partial charge in [-0.1, -0.05) is 6.07 Å². The Labute approximate surface area is 100 Å². The van der Waals surface area contributed by atoms with Crippen LogP contribution in [0.3, 0.4) is 0 Å². The zero-order valence-corrected chi connectivity index (χ0v) is 9.77. The van der Waals surface area contributed by atoms with E-state index in [2.05, 4.69) is 11.1 Å². The van der Waals surface area contributed by atoms with Crippen molar-refractivity contribution in [3.05, 3.63) is 47.8 Å². The lowest BCUT2D eigenvalue weighted by Gasteiger charge is -2.07. The molecule has 0 atom stereocenters. The van der Waals surface area contributed by atoms with E-state index in [4.69, 9.17) is 10.00 Å². The molecule has 0 unspecified atom stereocenters. The Kier molecular flexibility index (Phi) is 3.06. The summed E-state index contributed by atoms with van der Waals surface area (Å²) in [6.45, 7) is 1.95. The lowest BCUT2D eigenvalue weighted by molar-refractivity contribution is 0.415. The van der Waals surface area contributed by atoms with Gasteiger partial charge in [-0.25, -0.2) is 0 Å². The van der Waals surface area contributed by atoms with Gasteiger partial charge in [-0.3, -0.25) is 4.98 Å². The molecule has 0 spiro atoms. The summed E-state index contributed by atoms with van der Waals surface area (Å²) in [4.78, 5) is 4.24. The molecule has 0 bridgehead atoms. The third kappa shape index (κ3) is 2.26. The summed E-state index contributed by atoms with van der Waals surface area (Å²) in [5.41, 5.74) is 3.49. The van der Waals surface area contributed by atoms with Crippen molar-refractivity contribution in [3.8, 4) is 22.9 Å². The van der Waals surface area contributed by atoms with Gasteiger partial charge in [0.15, 0.2) is 0 Å². The molecular weight excluding hydrogens is 212 g/mol. The topological polar surface area (TPSA) is 45.9 Å². The monoisotopic (exact) mass is 224 g/mol. The van der Waals surface area contributed by atoms with Crippen LogP contribution in [0.1, 0.15) is 11.3 Å². The van der Waals surface area contributed by atoms with Gasteiger partial charge in [0, 0.05) is 17.5 Å². The van der Waals surface area contributed by atoms with Gasteiger partial charge in [0.1, 0.15) is 5.75 Å². The molecule has 3 nitrogen and oxygen atoms in total. The van der Waals surface area contributed by atoms with E-state index in [0.29, 0.717) is 11.3 Å². The van der Waals surface area contributed by atoms with Gasteiger partial charge in [0.05, 0.1) is 18.7 Å². The average molecular weight is 224 g/mol. The van der Waals surface area contributed by atoms with Crippen LogP contribution in [0.4, 0.5) is 0 Å². The van der Waals surface area contributed by atoms with Crippen molar-refractivity contribution in [3.63, 3.8) is 0 Å². The molecule has 2 rings (SSSR count). The largest absolute Gasteiger partial charge is 0.497 e. The Morgan fingerprint density at radius 2 is 2.12 bits per heavy atom. The Balaban J connectivity index is 2.60. The number of ether oxygens (including phenoxy) is 1. The van der Waals surface area contributed by atoms with E-state index in [-0.39, 0.29) is 0 Å². The van der Waals surface area contributed by atoms with Gasteiger partial charge in [-0.15, -0.1) is 0 Å². The van der Waals surface area contributed by atoms with Gasteiger partial charge in [0.2, 0.25) is 0 Å². The number of rotatable bonds is 2. The molecule has 0 aliphatic carbocycles. The number of aryl methyl sites for hydroxylation is 1. The maximum atomic E-state index is 8.98. The molecule has 0 fully saturated rings. The second-order valence-corrected chi connectivity index (χ2v) is 3.70. The molecule has 2 aromatic rings. The Hall–Kier alpha value is -2.34. The second-order valence-electron chi connectivity index (χ2n) is 3.70. The smallest absolute Gasteiger partial charge is 0.120 e. The van der Waals surface area contributed by atoms with Crippen molar-refractivity contribution in [1.82, 2.24) is 4.98 Å². The van der Waals surface area contributed by atoms with Gasteiger partial charge in [-0.05, 0) is 36.8 Å². The summed E-state index contributed by atoms with van der Waals surface area (Å²) in [5.74, 6) is 0.683. The first-order valence-electron chi connectivity index (χ1n) is 5.26. The van der Waals surface area contributed by atoms with Crippen molar-refractivity contribution in [2.45, 2.75) is 6.92 Å². The molecule has 3 heteroatoms. The van der Waals surface area contributed by atoms with Crippen LogP contribution in [0.25, 0.3) is 11.1 Å². The van der Waals surface area contributed by atoms with Crippen LogP contribution < -0.4 is 4.74 Å². The molecule has 0 saturated carbocycles. The van der Waals surface area contributed by atoms with Crippen molar-refractivity contribution in [2.75, 3.05) is 7.11 Å². The van der Waals surface area contributed by atoms with Crippen LogP contribution in [-0.4, -0.2) is 12.1 Å². The minimum atomic E-state index is 0.586. The van der Waals surface area contributed by atoms with Crippen LogP contribution >= 0.6 is 0 Å². The van der Waals surface area contributed by atoms with Crippen molar-refractivity contribution < 1.29 is 4.74 Å². The van der Waals surface area contributed by atoms with Crippen LogP contribution in [-0.2, 0) is 0 Å². The van der Waals surface area contributed by atoms with Crippen LogP contribution in [0, 0.1) is 18.3 Å². The molecule has 0 saturated heterocycles. The number of methoxy groups -OCH3 is 1. The Morgan fingerprint density at radius 1 is 1.29 bits per heavy atom. The first-order valence-corrected chi connectivity index (χ1v) is 5.26. The highest BCUT2D eigenvalue weighted by molar-refractivity contribution is 5.69. The summed E-state index contributed by atoms with van der Waals surface area (Å²) in [6, 6.07) is 11.5. The number of pyridine rings is 1. The molecular formula is C14H12N2O. The fraction of sp³-hybridized carbons (Fsp3) is 0.143. The third-order valence-electron chi connectivity index (χ3n) is 2.59. The summed E-state index contributed by atoms with van der Waals surface area (Å²) in [6.07, 6.45) is 1.75. The molecule has 1 heterocycles. The van der Waals surface area contributed by atoms with E-state index in [1.807, 2.05) is 31.2 Å². The van der Waals surface area contributed by atoms with E-state index in [1.54, 1.807) is 19.4 Å². The molecule has 1 aromatic carbocycles. The van der Waals surface area contributed by atoms with E-state index >= 15 is 0 Å². The Bertz CT molecular complexity index is 585. The zero-order chi connectivity index (χ0) is 12.3. The van der Waals surface area contributed by atoms with Crippen molar-refractivity contribution in [2.24, 2.45) is 0 Å². The SMILES string of the molecule is COc1cc(C#N)cc(-c2cccnc2C)c1. The molecule has 84 valence electrons. The van der Waals surface area contributed by atoms with Crippen molar-refractivity contribution >= 4 is 0 Å². The Morgan fingerprint density at radius 3 is 2.76 bits per heavy atom. The number of hydrogen-bond donors (Lipinski definition) is 0. The summed E-state index contributed by atoms with van der Waals surface area (Å²) < 4.78 is 5.19. The van der Waals surface area contributed by atoms with E-state index < -0.39 is 0 Å². The molecule has 17 heavy (non-hydrogen) atoms. The van der Waals surface area contributed by atoms with Crippen LogP contribution in [0.2, 0.25) is 0 Å². The number of nitrogens with zero attached hydrogens (tertiary/aromatic N) is 2. The lowest BCUT2D eigenvalue weighted by atomic mass is 10.0. The number of nitriles is 1. The van der Waals surface area contributed by atoms with Gasteiger partial charge >= 0.3 is 0 Å². The third-order valence-corrected chi connectivity index (χ3v) is 2.59. The number of hydrogen-bond acceptors (Lipinski definition) is 3. The normalized spacial score (nSPS) is 9.71. The number of benzene rings is 1. The van der Waals surface area contributed by atoms with E-state index in [9.17, 15) is 0 Å². The lowest BCUT2D eigenvalue weighted by Crippen LogP contribution is -1.90. The highest BCUT2D eigenvalue weighted by Crippen LogP contribution is 2.27. The zero-order valence-electron chi connectivity index (χ0n) is 9.77. The van der Waals surface area contributed by atoms with Crippen LogP contribution in [0.5, 0.6) is 5.75 Å². The fourth-order valence-electron chi connectivity index (χ4n) is 1.73. The molecule has 0 radical (unpaired) electrons. The van der Waals surface area contributed by atoms with Gasteiger partial charge in [-0.2, -0.15) is 5.26 Å². The predicted molar refractivity (Wildman–Crippen MR) is 65.7 cm³/mol. The first kappa shape index (κ1) is 11.2. The summed E-state index contributed by atoms with van der Waals surface area (Å²) >= 11 is 0. The molecule has 0 aliphatic heterocycles. The standard InChI is InChI=1S/C14H12N2O/c1-10-14(4-3-5-16-10)12-6-11(9-15)7-13(8-12)17-2/h3-8H,1-2H3. The predicted octanol–water partition coefficient (Wildman–Crippen LogP) is 2.94. The minimum absolute atomic E-state index is 0.586. The van der Waals surface area contributed by atoms with Gasteiger partial charge in [0.25, 0.3) is 0 Å². The fourth-order valence-corrected chi connectivity index (χ4v) is 1.73. The van der Waals surface area contributed by atoms with E-state index in [0.717, 1.165) is 16.8 Å². The first-order chi connectivity index (χ1) is 8.24. The molecule has 0 aliphatic rings. The molecule has 0 amide bonds. The number of aromatic nitrogens is 1. The summed E-state index contributed by atoms with van der Waals surface area (Å²) in [5, 5.41) is 8.98. The highest BCUT2D eigenvalue weighted by atomic mass is 16.5. The maximum Gasteiger partial charge on any atom is 0.120 e. The van der Waals surface area contributed by atoms with E-state index in [1.165, 1.54) is 0 Å². The van der Waals surface area contributed by atoms with Crippen molar-refractivity contribution in [1.29, 1.82) is 5.26 Å². The maximum absolute atomic E-state index is 8.98. The quantitative estimate of drug-likeness (QED) is 0.787. The highest BCUT2D eigenvalue weighted by Gasteiger charge is 2.06. The second kappa shape index (κ2) is 4.67. The van der Waals surface area contributed by atoms with Crippen LogP contribution in [0.15, 0.2) is 36.5 Å². The molecule has 1 aromatic heterocycles. The summed E-state index contributed by atoms with van der Waals surface area (Å²) in [7, 11) is 1.59. The van der Waals surface area contributed by atoms with Gasteiger partial charge < -0.3 is 4.74 Å².